The van der Waals surface area contributed by atoms with Gasteiger partial charge in [-0.15, -0.1) is 0 Å². The van der Waals surface area contributed by atoms with E-state index in [-0.39, 0.29) is 24.5 Å². The Hall–Kier alpha value is -1.40. The molecule has 0 N–H and O–H groups in total. The van der Waals surface area contributed by atoms with Gasteiger partial charge in [-0.05, 0) is 12.5 Å². The lowest BCUT2D eigenvalue weighted by Crippen LogP contribution is -2.29. The molecule has 0 radical (unpaired) electrons. The predicted octanol–water partition coefficient (Wildman–Crippen LogP) is 1.57. The zero-order chi connectivity index (χ0) is 14.8. The fourth-order valence-electron chi connectivity index (χ4n) is 2.43. The molecule has 2 rings (SSSR count). The highest BCUT2D eigenvalue weighted by Crippen LogP contribution is 2.28. The van der Waals surface area contributed by atoms with Crippen LogP contribution in [0, 0.1) is 5.92 Å². The van der Waals surface area contributed by atoms with Gasteiger partial charge in [0.1, 0.15) is 0 Å². The second-order valence-electron chi connectivity index (χ2n) is 5.19. The second-order valence-corrected chi connectivity index (χ2v) is 6.84. The number of amides is 1. The van der Waals surface area contributed by atoms with E-state index in [1.807, 2.05) is 37.3 Å². The topological polar surface area (TPSA) is 63.7 Å². The minimum atomic E-state index is -3.45. The summed E-state index contributed by atoms with van der Waals surface area (Å²) in [4.78, 5) is 13.8. The normalized spacial score (nSPS) is 21.2. The molecule has 0 saturated carbocycles. The van der Waals surface area contributed by atoms with Crippen LogP contribution in [0.25, 0.3) is 0 Å². The molecule has 1 aromatic carbocycles. The molecule has 5 nitrogen and oxygen atoms in total. The molecule has 0 aromatic heterocycles. The van der Waals surface area contributed by atoms with Crippen LogP contribution in [0.1, 0.15) is 24.9 Å². The second kappa shape index (κ2) is 5.93. The van der Waals surface area contributed by atoms with E-state index in [4.69, 9.17) is 4.18 Å². The van der Waals surface area contributed by atoms with Crippen molar-refractivity contribution in [1.82, 2.24) is 4.90 Å². The Morgan fingerprint density at radius 1 is 1.35 bits per heavy atom. The highest BCUT2D eigenvalue weighted by atomic mass is 32.2. The maximum Gasteiger partial charge on any atom is 0.264 e. The van der Waals surface area contributed by atoms with Crippen molar-refractivity contribution in [2.45, 2.75) is 19.4 Å². The Kier molecular flexibility index (Phi) is 4.45. The fourth-order valence-corrected chi connectivity index (χ4v) is 2.87. The Bertz CT molecular complexity index is 570. The largest absolute Gasteiger partial charge is 0.336 e. The van der Waals surface area contributed by atoms with E-state index in [0.717, 1.165) is 11.8 Å². The van der Waals surface area contributed by atoms with Crippen molar-refractivity contribution in [2.75, 3.05) is 19.4 Å². The fraction of sp³-hybridized carbons (Fsp3) is 0.500. The summed E-state index contributed by atoms with van der Waals surface area (Å²) in [5.41, 5.74) is 1.07. The first-order chi connectivity index (χ1) is 9.37. The number of rotatable bonds is 5. The summed E-state index contributed by atoms with van der Waals surface area (Å²) in [6, 6.07) is 9.78. The van der Waals surface area contributed by atoms with Gasteiger partial charge in [0.2, 0.25) is 5.91 Å². The first-order valence-electron chi connectivity index (χ1n) is 6.55. The van der Waals surface area contributed by atoms with Gasteiger partial charge in [0.25, 0.3) is 10.1 Å². The van der Waals surface area contributed by atoms with Crippen molar-refractivity contribution < 1.29 is 17.4 Å². The van der Waals surface area contributed by atoms with Crippen LogP contribution in [0.5, 0.6) is 0 Å². The van der Waals surface area contributed by atoms with E-state index in [0.29, 0.717) is 13.0 Å². The van der Waals surface area contributed by atoms with Crippen LogP contribution in [0.15, 0.2) is 30.3 Å². The molecule has 1 heterocycles. The molecule has 1 aliphatic heterocycles. The molecular weight excluding hydrogens is 278 g/mol. The first kappa shape index (κ1) is 15.0. The number of carbonyl (C=O) groups excluding carboxylic acids is 1. The van der Waals surface area contributed by atoms with Crippen LogP contribution < -0.4 is 0 Å². The smallest absolute Gasteiger partial charge is 0.264 e. The van der Waals surface area contributed by atoms with E-state index >= 15 is 0 Å². The molecule has 0 aliphatic carbocycles. The maximum atomic E-state index is 12.0. The summed E-state index contributed by atoms with van der Waals surface area (Å²) in [5.74, 6) is -0.0214. The van der Waals surface area contributed by atoms with Gasteiger partial charge in [0.15, 0.2) is 0 Å². The minimum absolute atomic E-state index is 0.00747. The minimum Gasteiger partial charge on any atom is -0.336 e. The molecule has 0 spiro atoms. The number of likely N-dealkylation sites (tertiary alicyclic amines) is 1. The number of hydrogen-bond donors (Lipinski definition) is 0. The van der Waals surface area contributed by atoms with Crippen molar-refractivity contribution in [3.05, 3.63) is 35.9 Å². The van der Waals surface area contributed by atoms with E-state index in [9.17, 15) is 13.2 Å². The van der Waals surface area contributed by atoms with Gasteiger partial charge in [0.05, 0.1) is 18.9 Å². The SMILES string of the molecule is C[C@@H](c1ccccc1)N1C[C@@H](COS(C)(=O)=O)CC1=O. The summed E-state index contributed by atoms with van der Waals surface area (Å²) in [6.07, 6.45) is 1.36. The van der Waals surface area contributed by atoms with Crippen molar-refractivity contribution in [1.29, 1.82) is 0 Å². The third kappa shape index (κ3) is 3.80. The summed E-state index contributed by atoms with van der Waals surface area (Å²) >= 11 is 0. The maximum absolute atomic E-state index is 12.0. The molecule has 0 bridgehead atoms. The zero-order valence-electron chi connectivity index (χ0n) is 11.7. The highest BCUT2D eigenvalue weighted by Gasteiger charge is 2.33. The zero-order valence-corrected chi connectivity index (χ0v) is 12.5. The molecule has 1 aliphatic rings. The highest BCUT2D eigenvalue weighted by molar-refractivity contribution is 7.85. The van der Waals surface area contributed by atoms with Crippen LogP contribution in [0.4, 0.5) is 0 Å². The van der Waals surface area contributed by atoms with Crippen molar-refractivity contribution in [3.8, 4) is 0 Å². The van der Waals surface area contributed by atoms with Crippen molar-refractivity contribution >= 4 is 16.0 Å². The summed E-state index contributed by atoms with van der Waals surface area (Å²) in [7, 11) is -3.45. The number of hydrogen-bond acceptors (Lipinski definition) is 4. The van der Waals surface area contributed by atoms with Gasteiger partial charge in [0, 0.05) is 18.9 Å². The van der Waals surface area contributed by atoms with Gasteiger partial charge in [-0.3, -0.25) is 8.98 Å². The van der Waals surface area contributed by atoms with Gasteiger partial charge in [-0.25, -0.2) is 0 Å². The van der Waals surface area contributed by atoms with Crippen molar-refractivity contribution in [2.24, 2.45) is 5.92 Å². The molecule has 1 fully saturated rings. The van der Waals surface area contributed by atoms with Crippen LogP contribution in [-0.4, -0.2) is 38.6 Å². The van der Waals surface area contributed by atoms with Gasteiger partial charge in [-0.1, -0.05) is 30.3 Å². The van der Waals surface area contributed by atoms with Crippen LogP contribution in [0.2, 0.25) is 0 Å². The van der Waals surface area contributed by atoms with E-state index < -0.39 is 10.1 Å². The quantitative estimate of drug-likeness (QED) is 0.774. The number of nitrogens with zero attached hydrogens (tertiary/aromatic N) is 1. The Labute approximate surface area is 119 Å². The molecule has 6 heteroatoms. The molecule has 20 heavy (non-hydrogen) atoms. The van der Waals surface area contributed by atoms with Gasteiger partial charge >= 0.3 is 0 Å². The van der Waals surface area contributed by atoms with Crippen LogP contribution >= 0.6 is 0 Å². The summed E-state index contributed by atoms with van der Waals surface area (Å²) in [6.45, 7) is 2.58. The Morgan fingerprint density at radius 3 is 2.60 bits per heavy atom. The molecule has 0 unspecified atom stereocenters. The average Bonchev–Trinajstić information content (AvgIpc) is 2.77. The van der Waals surface area contributed by atoms with Crippen LogP contribution in [0.3, 0.4) is 0 Å². The average molecular weight is 297 g/mol. The standard InChI is InChI=1S/C14H19NO4S/c1-11(13-6-4-3-5-7-13)15-9-12(8-14(15)16)10-19-20(2,17)18/h3-7,11-12H,8-10H2,1-2H3/t11-,12-/m0/s1. The van der Waals surface area contributed by atoms with Crippen LogP contribution in [-0.2, 0) is 19.1 Å². The summed E-state index contributed by atoms with van der Waals surface area (Å²) < 4.78 is 26.8. The molecule has 2 atom stereocenters. The third-order valence-corrected chi connectivity index (χ3v) is 4.07. The third-order valence-electron chi connectivity index (χ3n) is 3.51. The van der Waals surface area contributed by atoms with E-state index in [2.05, 4.69) is 0 Å². The van der Waals surface area contributed by atoms with Crippen molar-refractivity contribution in [3.63, 3.8) is 0 Å². The summed E-state index contributed by atoms with van der Waals surface area (Å²) in [5, 5.41) is 0. The number of carbonyl (C=O) groups is 1. The molecule has 1 aromatic rings. The number of benzene rings is 1. The lowest BCUT2D eigenvalue weighted by atomic mass is 10.1. The Balaban J connectivity index is 1.99. The molecular formula is C14H19NO4S. The van der Waals surface area contributed by atoms with Gasteiger partial charge in [-0.2, -0.15) is 8.42 Å². The molecule has 1 saturated heterocycles. The first-order valence-corrected chi connectivity index (χ1v) is 8.37. The van der Waals surface area contributed by atoms with Gasteiger partial charge < -0.3 is 4.90 Å². The lowest BCUT2D eigenvalue weighted by Gasteiger charge is -2.25. The monoisotopic (exact) mass is 297 g/mol. The lowest BCUT2D eigenvalue weighted by molar-refractivity contribution is -0.129. The Morgan fingerprint density at radius 2 is 2.00 bits per heavy atom. The van der Waals surface area contributed by atoms with E-state index in [1.165, 1.54) is 0 Å². The van der Waals surface area contributed by atoms with E-state index in [1.54, 1.807) is 4.90 Å². The molecule has 110 valence electrons. The predicted molar refractivity (Wildman–Crippen MR) is 75.5 cm³/mol. The molecule has 1 amide bonds.